The van der Waals surface area contributed by atoms with Crippen LogP contribution in [0, 0.1) is 0 Å². The van der Waals surface area contributed by atoms with Crippen LogP contribution in [0.5, 0.6) is 0 Å². The number of likely N-dealkylation sites (tertiary alicyclic amines) is 1. The van der Waals surface area contributed by atoms with Gasteiger partial charge in [0.05, 0.1) is 18.9 Å². The molecular weight excluding hydrogens is 340 g/mol. The third-order valence-electron chi connectivity index (χ3n) is 5.42. The van der Waals surface area contributed by atoms with E-state index in [0.29, 0.717) is 6.04 Å². The number of morpholine rings is 1. The fourth-order valence-corrected chi connectivity index (χ4v) is 3.85. The Hall–Kier alpha value is -2.25. The lowest BCUT2D eigenvalue weighted by molar-refractivity contribution is 0.122. The van der Waals surface area contributed by atoms with Gasteiger partial charge in [-0.15, -0.1) is 0 Å². The normalized spacial score (nSPS) is 21.2. The van der Waals surface area contributed by atoms with Crippen molar-refractivity contribution in [1.82, 2.24) is 19.9 Å². The van der Waals surface area contributed by atoms with E-state index < -0.39 is 0 Å². The van der Waals surface area contributed by atoms with E-state index in [1.165, 1.54) is 12.8 Å². The molecule has 4 heterocycles. The maximum atomic E-state index is 5.45. The summed E-state index contributed by atoms with van der Waals surface area (Å²) in [5, 5.41) is 0. The minimum atomic E-state index is 0.419. The van der Waals surface area contributed by atoms with Gasteiger partial charge < -0.3 is 14.5 Å². The highest BCUT2D eigenvalue weighted by Gasteiger charge is 2.25. The highest BCUT2D eigenvalue weighted by Crippen LogP contribution is 2.22. The molecule has 1 atom stereocenters. The second kappa shape index (κ2) is 8.63. The molecule has 2 aromatic rings. The molecule has 2 fully saturated rings. The fraction of sp³-hybridized carbons (Fsp3) is 0.550. The molecule has 2 aromatic heterocycles. The second-order valence-electron chi connectivity index (χ2n) is 7.28. The van der Waals surface area contributed by atoms with Gasteiger partial charge in [0.2, 0.25) is 5.95 Å². The third kappa shape index (κ3) is 4.54. The first-order valence-electron chi connectivity index (χ1n) is 9.80. The second-order valence-corrected chi connectivity index (χ2v) is 7.28. The Morgan fingerprint density at radius 2 is 2.00 bits per heavy atom. The number of hydrogen-bond acceptors (Lipinski definition) is 7. The van der Waals surface area contributed by atoms with Gasteiger partial charge in [0.1, 0.15) is 5.82 Å². The van der Waals surface area contributed by atoms with Crippen molar-refractivity contribution in [1.29, 1.82) is 0 Å². The summed E-state index contributed by atoms with van der Waals surface area (Å²) in [6.07, 6.45) is 6.09. The zero-order chi connectivity index (χ0) is 18.5. The number of likely N-dealkylation sites (N-methyl/N-ethyl adjacent to an activating group) is 1. The third-order valence-corrected chi connectivity index (χ3v) is 5.42. The molecule has 7 heteroatoms. The number of piperidine rings is 1. The average molecular weight is 368 g/mol. The lowest BCUT2D eigenvalue weighted by Gasteiger charge is -2.37. The summed E-state index contributed by atoms with van der Waals surface area (Å²) >= 11 is 0. The number of anilines is 2. The molecule has 0 saturated carbocycles. The molecule has 0 spiro atoms. The highest BCUT2D eigenvalue weighted by atomic mass is 16.5. The van der Waals surface area contributed by atoms with Crippen molar-refractivity contribution >= 4 is 11.8 Å². The van der Waals surface area contributed by atoms with Gasteiger partial charge in [-0.1, -0.05) is 6.07 Å². The zero-order valence-electron chi connectivity index (χ0n) is 16.0. The summed E-state index contributed by atoms with van der Waals surface area (Å²) in [7, 11) is 2.12. The molecule has 2 saturated heterocycles. The van der Waals surface area contributed by atoms with E-state index in [1.807, 2.05) is 24.5 Å². The lowest BCUT2D eigenvalue weighted by atomic mass is 10.0. The molecule has 0 bridgehead atoms. The van der Waals surface area contributed by atoms with Gasteiger partial charge in [0, 0.05) is 51.7 Å². The molecule has 1 unspecified atom stereocenters. The monoisotopic (exact) mass is 368 g/mol. The van der Waals surface area contributed by atoms with Gasteiger partial charge in [-0.3, -0.25) is 9.88 Å². The average Bonchev–Trinajstić information content (AvgIpc) is 2.75. The van der Waals surface area contributed by atoms with Crippen molar-refractivity contribution in [3.63, 3.8) is 0 Å². The predicted molar refractivity (Wildman–Crippen MR) is 106 cm³/mol. The number of aromatic nitrogens is 3. The molecule has 27 heavy (non-hydrogen) atoms. The minimum absolute atomic E-state index is 0.419. The van der Waals surface area contributed by atoms with Crippen molar-refractivity contribution in [3.8, 4) is 0 Å². The molecule has 144 valence electrons. The quantitative estimate of drug-likeness (QED) is 0.798. The summed E-state index contributed by atoms with van der Waals surface area (Å²) in [6.45, 7) is 6.34. The summed E-state index contributed by atoms with van der Waals surface area (Å²) < 4.78 is 5.45. The molecule has 2 aliphatic heterocycles. The number of hydrogen-bond donors (Lipinski definition) is 0. The standard InChI is InChI=1S/C20H28N6O/c1-24(20-22-9-7-19(23-20)26-11-13-27-14-12-26)18-6-4-10-25(16-18)15-17-5-2-3-8-21-17/h2-3,5,7-9,18H,4,6,10-16H2,1H3. The van der Waals surface area contributed by atoms with Crippen molar-refractivity contribution in [2.24, 2.45) is 0 Å². The van der Waals surface area contributed by atoms with Crippen LogP contribution in [-0.4, -0.2) is 72.3 Å². The lowest BCUT2D eigenvalue weighted by Crippen LogP contribution is -2.47. The fourth-order valence-electron chi connectivity index (χ4n) is 3.85. The van der Waals surface area contributed by atoms with Crippen LogP contribution in [0.4, 0.5) is 11.8 Å². The van der Waals surface area contributed by atoms with E-state index in [-0.39, 0.29) is 0 Å². The summed E-state index contributed by atoms with van der Waals surface area (Å²) in [4.78, 5) is 20.9. The Morgan fingerprint density at radius 3 is 2.81 bits per heavy atom. The van der Waals surface area contributed by atoms with E-state index in [1.54, 1.807) is 0 Å². The topological polar surface area (TPSA) is 57.6 Å². The van der Waals surface area contributed by atoms with E-state index >= 15 is 0 Å². The van der Waals surface area contributed by atoms with Crippen LogP contribution < -0.4 is 9.80 Å². The van der Waals surface area contributed by atoms with Crippen LogP contribution in [0.15, 0.2) is 36.7 Å². The Morgan fingerprint density at radius 1 is 1.11 bits per heavy atom. The minimum Gasteiger partial charge on any atom is -0.378 e. The van der Waals surface area contributed by atoms with Crippen LogP contribution in [0.1, 0.15) is 18.5 Å². The SMILES string of the molecule is CN(c1nccc(N2CCOCC2)n1)C1CCCN(Cc2ccccn2)C1. The molecule has 2 aliphatic rings. The molecule has 0 N–H and O–H groups in total. The molecule has 0 radical (unpaired) electrons. The highest BCUT2D eigenvalue weighted by molar-refractivity contribution is 5.44. The first-order chi connectivity index (χ1) is 13.3. The largest absolute Gasteiger partial charge is 0.378 e. The van der Waals surface area contributed by atoms with Gasteiger partial charge in [-0.05, 0) is 37.6 Å². The van der Waals surface area contributed by atoms with Gasteiger partial charge in [-0.25, -0.2) is 4.98 Å². The van der Waals surface area contributed by atoms with Crippen molar-refractivity contribution in [2.45, 2.75) is 25.4 Å². The molecule has 4 rings (SSSR count). The number of nitrogens with zero attached hydrogens (tertiary/aromatic N) is 6. The Bertz CT molecular complexity index is 721. The Labute approximate surface area is 161 Å². The van der Waals surface area contributed by atoms with E-state index in [4.69, 9.17) is 9.72 Å². The first-order valence-corrected chi connectivity index (χ1v) is 9.80. The summed E-state index contributed by atoms with van der Waals surface area (Å²) in [6, 6.07) is 8.54. The van der Waals surface area contributed by atoms with E-state index in [0.717, 1.165) is 63.4 Å². The maximum Gasteiger partial charge on any atom is 0.227 e. The van der Waals surface area contributed by atoms with Gasteiger partial charge >= 0.3 is 0 Å². The van der Waals surface area contributed by atoms with Gasteiger partial charge in [0.25, 0.3) is 0 Å². The smallest absolute Gasteiger partial charge is 0.227 e. The zero-order valence-corrected chi connectivity index (χ0v) is 16.0. The first kappa shape index (κ1) is 18.1. The van der Waals surface area contributed by atoms with E-state index in [9.17, 15) is 0 Å². The van der Waals surface area contributed by atoms with Crippen LogP contribution in [0.3, 0.4) is 0 Å². The van der Waals surface area contributed by atoms with Crippen LogP contribution in [0.25, 0.3) is 0 Å². The molecule has 7 nitrogen and oxygen atoms in total. The van der Waals surface area contributed by atoms with Crippen LogP contribution in [-0.2, 0) is 11.3 Å². The van der Waals surface area contributed by atoms with Crippen molar-refractivity contribution in [3.05, 3.63) is 42.4 Å². The number of pyridine rings is 1. The molecule has 0 amide bonds. The van der Waals surface area contributed by atoms with Gasteiger partial charge in [-0.2, -0.15) is 4.98 Å². The van der Waals surface area contributed by atoms with Crippen molar-refractivity contribution < 1.29 is 4.74 Å². The Balaban J connectivity index is 1.41. The molecule has 0 aliphatic carbocycles. The Kier molecular flexibility index (Phi) is 5.79. The van der Waals surface area contributed by atoms with E-state index in [2.05, 4.69) is 43.8 Å². The molecule has 0 aromatic carbocycles. The number of rotatable bonds is 5. The maximum absolute atomic E-state index is 5.45. The van der Waals surface area contributed by atoms with Crippen molar-refractivity contribution in [2.75, 3.05) is 56.2 Å². The van der Waals surface area contributed by atoms with Crippen LogP contribution >= 0.6 is 0 Å². The van der Waals surface area contributed by atoms with Gasteiger partial charge in [0.15, 0.2) is 0 Å². The number of ether oxygens (including phenoxy) is 1. The summed E-state index contributed by atoms with van der Waals surface area (Å²) in [5.41, 5.74) is 1.13. The summed E-state index contributed by atoms with van der Waals surface area (Å²) in [5.74, 6) is 1.81. The van der Waals surface area contributed by atoms with Crippen LogP contribution in [0.2, 0.25) is 0 Å². The molecular formula is C20H28N6O. The predicted octanol–water partition coefficient (Wildman–Crippen LogP) is 1.81.